The van der Waals surface area contributed by atoms with Crippen LogP contribution in [0.2, 0.25) is 0 Å². The Kier molecular flexibility index (Phi) is 17.4. The molecular weight excluding hydrogens is 322 g/mol. The van der Waals surface area contributed by atoms with Crippen molar-refractivity contribution in [3.8, 4) is 0 Å². The first-order valence-electron chi connectivity index (χ1n) is 3.02. The first-order valence-corrected chi connectivity index (χ1v) is 9.25. The molecule has 0 aromatic carbocycles. The lowest BCUT2D eigenvalue weighted by molar-refractivity contribution is -0.116. The Bertz CT molecular complexity index is 210. The first-order chi connectivity index (χ1) is 6.91. The Labute approximate surface area is 106 Å². The van der Waals surface area contributed by atoms with Gasteiger partial charge >= 0.3 is 13.4 Å². The van der Waals surface area contributed by atoms with Gasteiger partial charge in [-0.25, -0.2) is 5.26 Å². The number of rotatable bonds is 3. The largest absolute Gasteiger partial charge is 0.325 e. The highest BCUT2D eigenvalue weighted by Crippen LogP contribution is 2.26. The first kappa shape index (κ1) is 22.3. The quantitative estimate of drug-likeness (QED) is 0.0908. The molecule has 0 spiro atoms. The summed E-state index contributed by atoms with van der Waals surface area (Å²) in [6.07, 6.45) is 1.64. The molecule has 8 nitrogen and oxygen atoms in total. The van der Waals surface area contributed by atoms with Gasteiger partial charge in [-0.2, -0.15) is 4.33 Å². The lowest BCUT2D eigenvalue weighted by Gasteiger charge is -1.88. The number of hydrogen-bond acceptors (Lipinski definition) is 5. The van der Waals surface area contributed by atoms with E-state index in [0.29, 0.717) is 5.75 Å². The molecule has 0 radical (unpaired) electrons. The molecule has 0 rings (SSSR count). The summed E-state index contributed by atoms with van der Waals surface area (Å²) in [5.74, 6) is 0.622. The van der Waals surface area contributed by atoms with Crippen molar-refractivity contribution in [3.63, 3.8) is 0 Å². The second-order valence-electron chi connectivity index (χ2n) is 1.67. The minimum absolute atomic E-state index is 0.622. The van der Waals surface area contributed by atoms with E-state index in [1.54, 1.807) is 6.08 Å². The Hall–Kier alpha value is 1.07. The zero-order valence-electron chi connectivity index (χ0n) is 7.65. The van der Waals surface area contributed by atoms with Gasteiger partial charge in [-0.1, -0.05) is 6.08 Å². The molecule has 0 aliphatic carbocycles. The standard InChI is InChI=1S/C3H6O2S.2H3O3PS/c1-2-3-6-5-4;2*1-4(2,3)5/h2,4H,1,3H2;2*(H3,1,2,3,5). The molecule has 0 fully saturated rings. The minimum atomic E-state index is -3.81. The van der Waals surface area contributed by atoms with Gasteiger partial charge in [0.05, 0.1) is 0 Å². The molecule has 0 saturated heterocycles. The van der Waals surface area contributed by atoms with Crippen molar-refractivity contribution in [2.45, 2.75) is 0 Å². The average molecular weight is 334 g/mol. The SMILES string of the molecule is C=CCSOO.OP(O)(O)=S.OP(O)(O)=S. The average Bonchev–Trinajstić information content (AvgIpc) is 1.94. The molecule has 0 unspecified atom stereocenters. The van der Waals surface area contributed by atoms with Crippen molar-refractivity contribution in [1.82, 2.24) is 0 Å². The molecule has 0 bridgehead atoms. The van der Waals surface area contributed by atoms with E-state index in [1.807, 2.05) is 0 Å². The van der Waals surface area contributed by atoms with E-state index in [0.717, 1.165) is 12.0 Å². The van der Waals surface area contributed by atoms with Crippen molar-refractivity contribution >= 4 is 49.1 Å². The lowest BCUT2D eigenvalue weighted by Crippen LogP contribution is -1.68. The molecule has 7 N–H and O–H groups in total. The van der Waals surface area contributed by atoms with Gasteiger partial charge in [0.25, 0.3) is 0 Å². The smallest absolute Gasteiger partial charge is 0.319 e. The number of hydrogen-bond donors (Lipinski definition) is 7. The molecular formula is C3H12O8P2S3. The predicted octanol–water partition coefficient (Wildman–Crippen LogP) is -0.314. The monoisotopic (exact) mass is 334 g/mol. The van der Waals surface area contributed by atoms with E-state index in [4.69, 9.17) is 34.6 Å². The Balaban J connectivity index is -0.000000160. The Morgan fingerprint density at radius 3 is 1.38 bits per heavy atom. The van der Waals surface area contributed by atoms with Crippen molar-refractivity contribution < 1.29 is 39.0 Å². The van der Waals surface area contributed by atoms with Gasteiger partial charge in [0.15, 0.2) is 0 Å². The van der Waals surface area contributed by atoms with Gasteiger partial charge in [-0.15, -0.1) is 6.58 Å². The highest BCUT2D eigenvalue weighted by molar-refractivity contribution is 8.06. The van der Waals surface area contributed by atoms with Crippen LogP contribution in [0, 0.1) is 0 Å². The summed E-state index contributed by atoms with van der Waals surface area (Å²) >= 11 is 8.15. The van der Waals surface area contributed by atoms with Gasteiger partial charge in [0.2, 0.25) is 0 Å². The highest BCUT2D eigenvalue weighted by atomic mass is 32.5. The normalized spacial score (nSPS) is 10.4. The molecule has 0 aromatic rings. The van der Waals surface area contributed by atoms with Gasteiger partial charge in [-0.3, -0.25) is 0 Å². The fourth-order valence-corrected chi connectivity index (χ4v) is 0.236. The van der Waals surface area contributed by atoms with Crippen molar-refractivity contribution in [3.05, 3.63) is 12.7 Å². The van der Waals surface area contributed by atoms with Crippen LogP contribution in [0.3, 0.4) is 0 Å². The van der Waals surface area contributed by atoms with Crippen LogP contribution in [0.4, 0.5) is 0 Å². The van der Waals surface area contributed by atoms with Crippen LogP contribution in [0.15, 0.2) is 12.7 Å². The second-order valence-corrected chi connectivity index (χ2v) is 7.38. The predicted molar refractivity (Wildman–Crippen MR) is 68.3 cm³/mol. The van der Waals surface area contributed by atoms with Crippen LogP contribution >= 0.6 is 25.5 Å². The van der Waals surface area contributed by atoms with Crippen molar-refractivity contribution in [1.29, 1.82) is 0 Å². The van der Waals surface area contributed by atoms with E-state index in [1.165, 1.54) is 0 Å². The molecule has 16 heavy (non-hydrogen) atoms. The molecule has 0 aromatic heterocycles. The van der Waals surface area contributed by atoms with Gasteiger partial charge in [0.1, 0.15) is 0 Å². The molecule has 0 atom stereocenters. The summed E-state index contributed by atoms with van der Waals surface area (Å²) in [6, 6.07) is 0. The van der Waals surface area contributed by atoms with Crippen LogP contribution in [-0.4, -0.2) is 40.4 Å². The van der Waals surface area contributed by atoms with Gasteiger partial charge < -0.3 is 29.4 Å². The maximum Gasteiger partial charge on any atom is 0.319 e. The van der Waals surface area contributed by atoms with Crippen molar-refractivity contribution in [2.24, 2.45) is 0 Å². The summed E-state index contributed by atoms with van der Waals surface area (Å²) in [6.45, 7) is -4.22. The maximum absolute atomic E-state index is 7.61. The maximum atomic E-state index is 7.61. The fraction of sp³-hybridized carbons (Fsp3) is 0.333. The summed E-state index contributed by atoms with van der Waals surface area (Å²) in [4.78, 5) is 45.3. The van der Waals surface area contributed by atoms with Crippen LogP contribution in [0.5, 0.6) is 0 Å². The fourth-order valence-electron chi connectivity index (χ4n) is 0.0785. The van der Waals surface area contributed by atoms with Crippen LogP contribution in [0.25, 0.3) is 0 Å². The molecule has 0 aliphatic heterocycles. The third-order valence-corrected chi connectivity index (χ3v) is 0.716. The zero-order chi connectivity index (χ0) is 13.8. The lowest BCUT2D eigenvalue weighted by atomic mass is 10.8. The third-order valence-electron chi connectivity index (χ3n) is 0.239. The van der Waals surface area contributed by atoms with E-state index >= 15 is 0 Å². The molecule has 0 heterocycles. The highest BCUT2D eigenvalue weighted by Gasteiger charge is 1.92. The summed E-state index contributed by atoms with van der Waals surface area (Å²) < 4.78 is 3.63. The van der Waals surface area contributed by atoms with E-state index in [-0.39, 0.29) is 0 Å². The third kappa shape index (κ3) is 180. The minimum Gasteiger partial charge on any atom is -0.325 e. The molecule has 100 valence electrons. The van der Waals surface area contributed by atoms with Crippen LogP contribution < -0.4 is 0 Å². The Morgan fingerprint density at radius 1 is 1.06 bits per heavy atom. The summed E-state index contributed by atoms with van der Waals surface area (Å²) in [5.41, 5.74) is 0. The van der Waals surface area contributed by atoms with Gasteiger partial charge in [0, 0.05) is 17.8 Å². The molecule has 0 saturated carbocycles. The van der Waals surface area contributed by atoms with E-state index < -0.39 is 13.4 Å². The van der Waals surface area contributed by atoms with E-state index in [9.17, 15) is 0 Å². The summed E-state index contributed by atoms with van der Waals surface area (Å²) in [5, 5.41) is 7.61. The van der Waals surface area contributed by atoms with Crippen molar-refractivity contribution in [2.75, 3.05) is 5.75 Å². The van der Waals surface area contributed by atoms with Crippen LogP contribution in [0.1, 0.15) is 0 Å². The molecule has 0 amide bonds. The molecule has 0 aliphatic rings. The van der Waals surface area contributed by atoms with E-state index in [2.05, 4.69) is 34.5 Å². The summed E-state index contributed by atoms with van der Waals surface area (Å²) in [7, 11) is 0. The zero-order valence-corrected chi connectivity index (χ0v) is 11.9. The molecule has 13 heteroatoms. The Morgan fingerprint density at radius 2 is 1.31 bits per heavy atom. The van der Waals surface area contributed by atoms with Crippen LogP contribution in [-0.2, 0) is 27.9 Å². The van der Waals surface area contributed by atoms with Gasteiger partial charge in [-0.05, 0) is 23.6 Å². The topological polar surface area (TPSA) is 151 Å². The second kappa shape index (κ2) is 12.5.